The van der Waals surface area contributed by atoms with Crippen molar-refractivity contribution in [3.05, 3.63) is 23.2 Å². The number of carbonyl (C=O) groups excluding carboxylic acids is 1. The molecule has 1 amide bonds. The quantitative estimate of drug-likeness (QED) is 0.750. The fourth-order valence-electron chi connectivity index (χ4n) is 2.98. The number of sulfonamides is 1. The zero-order valence-electron chi connectivity index (χ0n) is 15.2. The van der Waals surface area contributed by atoms with Gasteiger partial charge in [0.15, 0.2) is 0 Å². The normalized spacial score (nSPS) is 19.8. The Balaban J connectivity index is 2.12. The maximum atomic E-state index is 12.9. The summed E-state index contributed by atoms with van der Waals surface area (Å²) in [6.07, 6.45) is 1.28. The van der Waals surface area contributed by atoms with Gasteiger partial charge in [0.25, 0.3) is 0 Å². The summed E-state index contributed by atoms with van der Waals surface area (Å²) in [6, 6.07) is 4.24. The van der Waals surface area contributed by atoms with Crippen LogP contribution in [-0.4, -0.2) is 58.6 Å². The standard InChI is InChI=1S/C17H25ClN2O5S/c1-12(11-24-2)19-17(21)13-5-4-8-20(10-13)26(22,23)14-6-7-16(25-3)15(18)9-14/h6-7,9,12-13H,4-5,8,10-11H2,1-3H3,(H,19,21)/t12-,13-/m1/s1. The molecule has 0 radical (unpaired) electrons. The van der Waals surface area contributed by atoms with E-state index in [-0.39, 0.29) is 34.3 Å². The third-order valence-electron chi connectivity index (χ3n) is 4.32. The molecule has 146 valence electrons. The lowest BCUT2D eigenvalue weighted by molar-refractivity contribution is -0.127. The molecule has 2 rings (SSSR count). The van der Waals surface area contributed by atoms with Gasteiger partial charge in [-0.25, -0.2) is 8.42 Å². The summed E-state index contributed by atoms with van der Waals surface area (Å²) in [5.74, 6) is -0.123. The van der Waals surface area contributed by atoms with E-state index in [4.69, 9.17) is 21.1 Å². The maximum absolute atomic E-state index is 12.9. The third-order valence-corrected chi connectivity index (χ3v) is 6.48. The highest BCUT2D eigenvalue weighted by molar-refractivity contribution is 7.89. The number of rotatable bonds is 7. The van der Waals surface area contributed by atoms with Crippen molar-refractivity contribution < 1.29 is 22.7 Å². The van der Waals surface area contributed by atoms with E-state index in [1.807, 2.05) is 6.92 Å². The zero-order valence-corrected chi connectivity index (χ0v) is 16.8. The van der Waals surface area contributed by atoms with Gasteiger partial charge in [0, 0.05) is 26.2 Å². The number of carbonyl (C=O) groups is 1. The predicted molar refractivity (Wildman–Crippen MR) is 99.0 cm³/mol. The summed E-state index contributed by atoms with van der Waals surface area (Å²) in [5.41, 5.74) is 0. The van der Waals surface area contributed by atoms with Gasteiger partial charge >= 0.3 is 0 Å². The molecule has 1 fully saturated rings. The molecule has 0 saturated carbocycles. The van der Waals surface area contributed by atoms with Crippen molar-refractivity contribution in [2.45, 2.75) is 30.7 Å². The SMILES string of the molecule is COC[C@@H](C)NC(=O)[C@@H]1CCCN(S(=O)(=O)c2ccc(OC)c(Cl)c2)C1. The molecule has 0 aromatic heterocycles. The van der Waals surface area contributed by atoms with Crippen LogP contribution in [0.3, 0.4) is 0 Å². The number of nitrogens with zero attached hydrogens (tertiary/aromatic N) is 1. The Morgan fingerprint density at radius 1 is 1.42 bits per heavy atom. The van der Waals surface area contributed by atoms with Gasteiger partial charge in [-0.1, -0.05) is 11.6 Å². The summed E-state index contributed by atoms with van der Waals surface area (Å²) in [6.45, 7) is 2.78. The van der Waals surface area contributed by atoms with Crippen LogP contribution in [0.5, 0.6) is 5.75 Å². The molecule has 0 unspecified atom stereocenters. The van der Waals surface area contributed by atoms with Crippen LogP contribution in [0.1, 0.15) is 19.8 Å². The van der Waals surface area contributed by atoms with E-state index >= 15 is 0 Å². The molecule has 9 heteroatoms. The smallest absolute Gasteiger partial charge is 0.243 e. The lowest BCUT2D eigenvalue weighted by atomic mass is 9.98. The van der Waals surface area contributed by atoms with Gasteiger partial charge < -0.3 is 14.8 Å². The predicted octanol–water partition coefficient (Wildman–Crippen LogP) is 1.90. The van der Waals surface area contributed by atoms with Crippen LogP contribution < -0.4 is 10.1 Å². The Hall–Kier alpha value is -1.35. The van der Waals surface area contributed by atoms with Crippen molar-refractivity contribution >= 4 is 27.5 Å². The first-order valence-electron chi connectivity index (χ1n) is 8.42. The molecular formula is C17H25ClN2O5S. The highest BCUT2D eigenvalue weighted by atomic mass is 35.5. The fraction of sp³-hybridized carbons (Fsp3) is 0.588. The highest BCUT2D eigenvalue weighted by Crippen LogP contribution is 2.30. The van der Waals surface area contributed by atoms with Crippen LogP contribution in [-0.2, 0) is 19.6 Å². The number of nitrogens with one attached hydrogen (secondary N) is 1. The number of halogens is 1. The second-order valence-electron chi connectivity index (χ2n) is 6.36. The van der Waals surface area contributed by atoms with E-state index in [2.05, 4.69) is 5.32 Å². The van der Waals surface area contributed by atoms with Crippen LogP contribution in [0.15, 0.2) is 23.1 Å². The summed E-state index contributed by atoms with van der Waals surface area (Å²) < 4.78 is 37.2. The molecule has 0 aliphatic carbocycles. The molecule has 1 aromatic carbocycles. The molecular weight excluding hydrogens is 380 g/mol. The maximum Gasteiger partial charge on any atom is 0.243 e. The van der Waals surface area contributed by atoms with Crippen LogP contribution in [0.25, 0.3) is 0 Å². The first kappa shape index (κ1) is 21.0. The number of hydrogen-bond acceptors (Lipinski definition) is 5. The van der Waals surface area contributed by atoms with Crippen LogP contribution in [0.2, 0.25) is 5.02 Å². The highest BCUT2D eigenvalue weighted by Gasteiger charge is 2.33. The van der Waals surface area contributed by atoms with E-state index in [1.165, 1.54) is 29.6 Å². The molecule has 0 bridgehead atoms. The van der Waals surface area contributed by atoms with Gasteiger partial charge in [0.2, 0.25) is 15.9 Å². The van der Waals surface area contributed by atoms with Gasteiger partial charge in [0.05, 0.1) is 29.6 Å². The fourth-order valence-corrected chi connectivity index (χ4v) is 4.86. The van der Waals surface area contributed by atoms with Gasteiger partial charge in [-0.3, -0.25) is 4.79 Å². The molecule has 0 spiro atoms. The van der Waals surface area contributed by atoms with Crippen molar-refractivity contribution in [3.63, 3.8) is 0 Å². The summed E-state index contributed by atoms with van der Waals surface area (Å²) in [5, 5.41) is 3.09. The molecule has 1 saturated heterocycles. The summed E-state index contributed by atoms with van der Waals surface area (Å²) >= 11 is 6.06. The molecule has 26 heavy (non-hydrogen) atoms. The van der Waals surface area contributed by atoms with Gasteiger partial charge in [-0.2, -0.15) is 4.31 Å². The van der Waals surface area contributed by atoms with Crippen LogP contribution >= 0.6 is 11.6 Å². The lowest BCUT2D eigenvalue weighted by Gasteiger charge is -2.31. The topological polar surface area (TPSA) is 84.9 Å². The van der Waals surface area contributed by atoms with Crippen molar-refractivity contribution in [2.75, 3.05) is 33.9 Å². The minimum atomic E-state index is -3.73. The minimum Gasteiger partial charge on any atom is -0.495 e. The monoisotopic (exact) mass is 404 g/mol. The molecule has 1 aromatic rings. The molecule has 1 aliphatic rings. The average molecular weight is 405 g/mol. The van der Waals surface area contributed by atoms with Gasteiger partial charge in [-0.05, 0) is 38.0 Å². The Morgan fingerprint density at radius 2 is 2.15 bits per heavy atom. The molecule has 1 heterocycles. The average Bonchev–Trinajstić information content (AvgIpc) is 2.61. The third kappa shape index (κ3) is 4.88. The second-order valence-corrected chi connectivity index (χ2v) is 8.71. The zero-order chi connectivity index (χ0) is 19.3. The van der Waals surface area contributed by atoms with E-state index in [1.54, 1.807) is 7.11 Å². The molecule has 2 atom stereocenters. The van der Waals surface area contributed by atoms with Crippen molar-refractivity contribution in [2.24, 2.45) is 5.92 Å². The molecule has 1 aliphatic heterocycles. The van der Waals surface area contributed by atoms with E-state index in [9.17, 15) is 13.2 Å². The second kappa shape index (κ2) is 9.03. The Kier molecular flexibility index (Phi) is 7.28. The number of benzene rings is 1. The first-order chi connectivity index (χ1) is 12.3. The number of amides is 1. The number of ether oxygens (including phenoxy) is 2. The Morgan fingerprint density at radius 3 is 2.77 bits per heavy atom. The van der Waals surface area contributed by atoms with E-state index in [0.29, 0.717) is 31.7 Å². The van der Waals surface area contributed by atoms with E-state index < -0.39 is 10.0 Å². The lowest BCUT2D eigenvalue weighted by Crippen LogP contribution is -2.47. The number of hydrogen-bond donors (Lipinski definition) is 1. The first-order valence-corrected chi connectivity index (χ1v) is 10.2. The minimum absolute atomic E-state index is 0.0945. The van der Waals surface area contributed by atoms with E-state index in [0.717, 1.165) is 0 Å². The Bertz CT molecular complexity index is 741. The van der Waals surface area contributed by atoms with Gasteiger partial charge in [-0.15, -0.1) is 0 Å². The van der Waals surface area contributed by atoms with Crippen LogP contribution in [0, 0.1) is 5.92 Å². The molecule has 1 N–H and O–H groups in total. The summed E-state index contributed by atoms with van der Waals surface area (Å²) in [7, 11) is -0.693. The summed E-state index contributed by atoms with van der Waals surface area (Å²) in [4.78, 5) is 12.5. The van der Waals surface area contributed by atoms with Crippen molar-refractivity contribution in [1.82, 2.24) is 9.62 Å². The largest absolute Gasteiger partial charge is 0.495 e. The van der Waals surface area contributed by atoms with Crippen molar-refractivity contribution in [3.8, 4) is 5.75 Å². The van der Waals surface area contributed by atoms with Crippen molar-refractivity contribution in [1.29, 1.82) is 0 Å². The van der Waals surface area contributed by atoms with Gasteiger partial charge in [0.1, 0.15) is 5.75 Å². The van der Waals surface area contributed by atoms with Crippen LogP contribution in [0.4, 0.5) is 0 Å². The molecule has 7 nitrogen and oxygen atoms in total. The number of methoxy groups -OCH3 is 2. The Labute approximate surface area is 159 Å². The number of piperidine rings is 1.